The predicted octanol–water partition coefficient (Wildman–Crippen LogP) is 7.87. The monoisotopic (exact) mass is 328 g/mol. The normalized spacial score (nSPS) is 8.71. The molecule has 0 aliphatic rings. The van der Waals surface area contributed by atoms with Gasteiger partial charge in [-0.1, -0.05) is 96.0 Å². The molecule has 0 saturated heterocycles. The first-order valence-corrected chi connectivity index (χ1v) is 9.60. The average molecular weight is 329 g/mol. The molecule has 0 saturated carbocycles. The fourth-order valence-corrected chi connectivity index (χ4v) is 2.21. The molecule has 0 radical (unpaired) electrons. The van der Waals surface area contributed by atoms with Crippen molar-refractivity contribution in [2.75, 3.05) is 0 Å². The molecular weight excluding hydrogens is 288 g/mol. The Morgan fingerprint density at radius 2 is 1.21 bits per heavy atom. The first-order chi connectivity index (χ1) is 11.5. The number of aryl methyl sites for hydroxylation is 4. The third kappa shape index (κ3) is 11.0. The van der Waals surface area contributed by atoms with Gasteiger partial charge in [-0.15, -0.1) is 0 Å². The van der Waals surface area contributed by atoms with Crippen LogP contribution in [0.2, 0.25) is 0 Å². The van der Waals surface area contributed by atoms with Crippen LogP contribution in [-0.2, 0) is 12.8 Å². The van der Waals surface area contributed by atoms with Gasteiger partial charge in [0, 0.05) is 0 Å². The van der Waals surface area contributed by atoms with Gasteiger partial charge in [-0.25, -0.2) is 0 Å². The van der Waals surface area contributed by atoms with Crippen molar-refractivity contribution in [3.8, 4) is 0 Å². The molecule has 2 rings (SSSR count). The maximum Gasteiger partial charge on any atom is -0.0305 e. The molecule has 0 amide bonds. The molecule has 2 aromatic carbocycles. The van der Waals surface area contributed by atoms with E-state index in [0.29, 0.717) is 0 Å². The Kier molecular flexibility index (Phi) is 16.8. The Balaban J connectivity index is 0. The van der Waals surface area contributed by atoms with Crippen LogP contribution in [0.15, 0.2) is 42.5 Å². The van der Waals surface area contributed by atoms with Crippen LogP contribution in [0, 0.1) is 20.8 Å². The molecule has 0 nitrogen and oxygen atoms in total. The summed E-state index contributed by atoms with van der Waals surface area (Å²) in [7, 11) is 0. The van der Waals surface area contributed by atoms with Gasteiger partial charge < -0.3 is 0 Å². The standard InChI is InChI=1S/C11H16.C8H10.C3H8.C2H6/c1-5-11-7-8(2)6-9(3)10(11)4;1-2-8-6-4-3-5-7-8;1-3-2;1-2/h6-7H,5H2,1-4H3;3-7H,2H2,1H3;3H2,1-2H3;1-2H3. The van der Waals surface area contributed by atoms with Crippen LogP contribution in [-0.4, -0.2) is 0 Å². The smallest absolute Gasteiger partial charge is 0.0305 e. The van der Waals surface area contributed by atoms with Crippen LogP contribution in [0.1, 0.15) is 75.8 Å². The van der Waals surface area contributed by atoms with Crippen LogP contribution in [0.25, 0.3) is 0 Å². The number of benzene rings is 2. The highest BCUT2D eigenvalue weighted by Gasteiger charge is 1.99. The Bertz CT molecular complexity index is 509. The van der Waals surface area contributed by atoms with E-state index in [0.717, 1.165) is 12.8 Å². The molecule has 0 fully saturated rings. The topological polar surface area (TPSA) is 0 Å². The van der Waals surface area contributed by atoms with Gasteiger partial charge in [0.25, 0.3) is 0 Å². The molecule has 0 N–H and O–H groups in total. The second kappa shape index (κ2) is 16.3. The Labute approximate surface area is 152 Å². The third-order valence-electron chi connectivity index (χ3n) is 3.55. The van der Waals surface area contributed by atoms with Gasteiger partial charge in [-0.3, -0.25) is 0 Å². The van der Waals surface area contributed by atoms with Crippen molar-refractivity contribution in [2.45, 2.75) is 81.6 Å². The Morgan fingerprint density at radius 1 is 0.708 bits per heavy atom. The van der Waals surface area contributed by atoms with Gasteiger partial charge in [0.15, 0.2) is 0 Å². The van der Waals surface area contributed by atoms with E-state index in [1.54, 1.807) is 0 Å². The summed E-state index contributed by atoms with van der Waals surface area (Å²) in [4.78, 5) is 0. The first kappa shape index (κ1) is 24.7. The Hall–Kier alpha value is -1.56. The zero-order valence-electron chi connectivity index (χ0n) is 17.7. The molecule has 0 aromatic heterocycles. The largest absolute Gasteiger partial charge is 0.0683 e. The summed E-state index contributed by atoms with van der Waals surface area (Å²) in [6.45, 7) is 19.2. The highest BCUT2D eigenvalue weighted by Crippen LogP contribution is 2.15. The fraction of sp³-hybridized carbons (Fsp3) is 0.500. The van der Waals surface area contributed by atoms with Gasteiger partial charge in [-0.2, -0.15) is 0 Å². The van der Waals surface area contributed by atoms with E-state index in [1.165, 1.54) is 34.2 Å². The quantitative estimate of drug-likeness (QED) is 0.526. The Morgan fingerprint density at radius 3 is 1.58 bits per heavy atom. The molecule has 136 valence electrons. The maximum absolute atomic E-state index is 2.28. The lowest BCUT2D eigenvalue weighted by atomic mass is 9.99. The van der Waals surface area contributed by atoms with Gasteiger partial charge in [0.1, 0.15) is 0 Å². The third-order valence-corrected chi connectivity index (χ3v) is 3.55. The minimum Gasteiger partial charge on any atom is -0.0683 e. The summed E-state index contributed by atoms with van der Waals surface area (Å²) >= 11 is 0. The summed E-state index contributed by atoms with van der Waals surface area (Å²) in [5, 5.41) is 0. The van der Waals surface area contributed by atoms with Crippen molar-refractivity contribution in [3.05, 3.63) is 70.3 Å². The molecular formula is C24H40. The van der Waals surface area contributed by atoms with Gasteiger partial charge in [0.2, 0.25) is 0 Å². The minimum absolute atomic E-state index is 1.14. The lowest BCUT2D eigenvalue weighted by Crippen LogP contribution is -1.91. The molecule has 0 aliphatic carbocycles. The van der Waals surface area contributed by atoms with E-state index in [4.69, 9.17) is 0 Å². The van der Waals surface area contributed by atoms with E-state index in [9.17, 15) is 0 Å². The molecule has 24 heavy (non-hydrogen) atoms. The van der Waals surface area contributed by atoms with Crippen LogP contribution in [0.5, 0.6) is 0 Å². The highest BCUT2D eigenvalue weighted by atomic mass is 14.0. The van der Waals surface area contributed by atoms with Crippen LogP contribution < -0.4 is 0 Å². The van der Waals surface area contributed by atoms with Crippen molar-refractivity contribution in [1.29, 1.82) is 0 Å². The average Bonchev–Trinajstić information content (AvgIpc) is 2.61. The van der Waals surface area contributed by atoms with E-state index in [1.807, 2.05) is 19.9 Å². The first-order valence-electron chi connectivity index (χ1n) is 9.60. The molecule has 0 bridgehead atoms. The van der Waals surface area contributed by atoms with E-state index in [-0.39, 0.29) is 0 Å². The summed E-state index contributed by atoms with van der Waals surface area (Å²) in [5.74, 6) is 0. The molecule has 0 unspecified atom stereocenters. The van der Waals surface area contributed by atoms with Crippen molar-refractivity contribution in [3.63, 3.8) is 0 Å². The second-order valence-corrected chi connectivity index (χ2v) is 5.77. The van der Waals surface area contributed by atoms with Crippen molar-refractivity contribution in [2.24, 2.45) is 0 Å². The molecule has 0 spiro atoms. The maximum atomic E-state index is 2.28. The molecule has 0 aliphatic heterocycles. The van der Waals surface area contributed by atoms with Gasteiger partial charge in [-0.05, 0) is 55.9 Å². The SMILES string of the molecule is CC.CCC.CCc1cc(C)cc(C)c1C.CCc1ccccc1. The van der Waals surface area contributed by atoms with E-state index in [2.05, 4.69) is 84.9 Å². The summed E-state index contributed by atoms with van der Waals surface area (Å²) in [6, 6.07) is 15.0. The van der Waals surface area contributed by atoms with Crippen molar-refractivity contribution in [1.82, 2.24) is 0 Å². The van der Waals surface area contributed by atoms with E-state index >= 15 is 0 Å². The van der Waals surface area contributed by atoms with Crippen molar-refractivity contribution < 1.29 is 0 Å². The molecule has 0 atom stereocenters. The zero-order chi connectivity index (χ0) is 19.0. The summed E-state index contributed by atoms with van der Waals surface area (Å²) in [6.07, 6.45) is 3.54. The van der Waals surface area contributed by atoms with E-state index < -0.39 is 0 Å². The van der Waals surface area contributed by atoms with Crippen molar-refractivity contribution >= 4 is 0 Å². The second-order valence-electron chi connectivity index (χ2n) is 5.77. The lowest BCUT2D eigenvalue weighted by Gasteiger charge is -2.07. The minimum atomic E-state index is 1.14. The van der Waals surface area contributed by atoms with Gasteiger partial charge in [0.05, 0.1) is 0 Å². The number of hydrogen-bond donors (Lipinski definition) is 0. The number of rotatable bonds is 2. The van der Waals surface area contributed by atoms with Gasteiger partial charge >= 0.3 is 0 Å². The lowest BCUT2D eigenvalue weighted by molar-refractivity contribution is 1.08. The van der Waals surface area contributed by atoms with Crippen LogP contribution in [0.3, 0.4) is 0 Å². The van der Waals surface area contributed by atoms with Crippen LogP contribution in [0.4, 0.5) is 0 Å². The number of hydrogen-bond acceptors (Lipinski definition) is 0. The van der Waals surface area contributed by atoms with Crippen LogP contribution >= 0.6 is 0 Å². The molecule has 0 heterocycles. The zero-order valence-corrected chi connectivity index (χ0v) is 17.7. The fourth-order valence-electron chi connectivity index (χ4n) is 2.21. The summed E-state index contributed by atoms with van der Waals surface area (Å²) in [5.41, 5.74) is 7.15. The molecule has 2 aromatic rings. The summed E-state index contributed by atoms with van der Waals surface area (Å²) < 4.78 is 0. The predicted molar refractivity (Wildman–Crippen MR) is 113 cm³/mol. The highest BCUT2D eigenvalue weighted by molar-refractivity contribution is 5.37. The molecule has 0 heteroatoms.